The SMILES string of the molecule is Cc1ccc(CCCC(=O)NCc2ccc(CN3CC(C)OC(C)C3)cc2)cc1. The van der Waals surface area contributed by atoms with Crippen molar-refractivity contribution in [2.24, 2.45) is 0 Å². The molecule has 4 heteroatoms. The molecule has 1 fully saturated rings. The lowest BCUT2D eigenvalue weighted by molar-refractivity contribution is -0.121. The molecule has 2 aromatic rings. The molecule has 1 saturated heterocycles. The summed E-state index contributed by atoms with van der Waals surface area (Å²) in [5, 5.41) is 3.04. The second-order valence-electron chi connectivity index (χ2n) is 8.38. The summed E-state index contributed by atoms with van der Waals surface area (Å²) in [4.78, 5) is 14.6. The molecule has 3 rings (SSSR count). The number of rotatable bonds is 8. The normalized spacial score (nSPS) is 19.8. The Hall–Kier alpha value is -2.17. The van der Waals surface area contributed by atoms with E-state index in [1.54, 1.807) is 0 Å². The lowest BCUT2D eigenvalue weighted by atomic mass is 10.1. The minimum atomic E-state index is 0.123. The van der Waals surface area contributed by atoms with Gasteiger partial charge in [-0.3, -0.25) is 9.69 Å². The van der Waals surface area contributed by atoms with Crippen LogP contribution in [0.5, 0.6) is 0 Å². The molecule has 1 aliphatic heterocycles. The molecule has 1 heterocycles. The summed E-state index contributed by atoms with van der Waals surface area (Å²) in [5.41, 5.74) is 5.01. The van der Waals surface area contributed by atoms with Gasteiger partial charge in [-0.05, 0) is 50.3 Å². The van der Waals surface area contributed by atoms with E-state index in [4.69, 9.17) is 4.74 Å². The Morgan fingerprint density at radius 1 is 0.966 bits per heavy atom. The Kier molecular flexibility index (Phi) is 7.84. The molecular formula is C25H34N2O2. The van der Waals surface area contributed by atoms with Crippen LogP contribution in [0, 0.1) is 6.92 Å². The van der Waals surface area contributed by atoms with Crippen LogP contribution in [0.15, 0.2) is 48.5 Å². The van der Waals surface area contributed by atoms with Crippen LogP contribution in [0.3, 0.4) is 0 Å². The summed E-state index contributed by atoms with van der Waals surface area (Å²) in [6, 6.07) is 17.1. The Morgan fingerprint density at radius 2 is 1.55 bits per heavy atom. The Labute approximate surface area is 175 Å². The quantitative estimate of drug-likeness (QED) is 0.728. The van der Waals surface area contributed by atoms with E-state index in [-0.39, 0.29) is 5.91 Å². The van der Waals surface area contributed by atoms with Crippen molar-refractivity contribution in [3.8, 4) is 0 Å². The standard InChI is InChI=1S/C25H34N2O2/c1-19-7-9-22(10-8-19)5-4-6-25(28)26-15-23-11-13-24(14-12-23)18-27-16-20(2)29-21(3)17-27/h7-14,20-21H,4-6,15-18H2,1-3H3,(H,26,28). The molecule has 0 aromatic heterocycles. The van der Waals surface area contributed by atoms with E-state index in [0.29, 0.717) is 25.2 Å². The first-order valence-corrected chi connectivity index (χ1v) is 10.8. The number of ether oxygens (including phenoxy) is 1. The maximum absolute atomic E-state index is 12.1. The molecule has 1 aliphatic rings. The van der Waals surface area contributed by atoms with Gasteiger partial charge in [-0.1, -0.05) is 54.1 Å². The molecule has 156 valence electrons. The summed E-state index contributed by atoms with van der Waals surface area (Å²) >= 11 is 0. The van der Waals surface area contributed by atoms with Crippen molar-refractivity contribution in [2.45, 2.75) is 65.3 Å². The number of amides is 1. The molecule has 0 radical (unpaired) electrons. The zero-order valence-corrected chi connectivity index (χ0v) is 18.0. The third-order valence-electron chi connectivity index (χ3n) is 5.40. The molecule has 0 aliphatic carbocycles. The van der Waals surface area contributed by atoms with Crippen LogP contribution >= 0.6 is 0 Å². The van der Waals surface area contributed by atoms with Crippen molar-refractivity contribution >= 4 is 5.91 Å². The highest BCUT2D eigenvalue weighted by atomic mass is 16.5. The highest BCUT2D eigenvalue weighted by Crippen LogP contribution is 2.15. The van der Waals surface area contributed by atoms with Gasteiger partial charge in [0.05, 0.1) is 12.2 Å². The first kappa shape index (κ1) is 21.5. The monoisotopic (exact) mass is 394 g/mol. The third kappa shape index (κ3) is 7.30. The van der Waals surface area contributed by atoms with Gasteiger partial charge in [-0.25, -0.2) is 0 Å². The van der Waals surface area contributed by atoms with E-state index in [2.05, 4.69) is 79.5 Å². The van der Waals surface area contributed by atoms with Crippen molar-refractivity contribution < 1.29 is 9.53 Å². The zero-order chi connectivity index (χ0) is 20.6. The van der Waals surface area contributed by atoms with Crippen LogP contribution in [0.4, 0.5) is 0 Å². The summed E-state index contributed by atoms with van der Waals surface area (Å²) < 4.78 is 5.80. The molecule has 2 atom stereocenters. The number of hydrogen-bond donors (Lipinski definition) is 1. The van der Waals surface area contributed by atoms with Crippen LogP contribution < -0.4 is 5.32 Å². The van der Waals surface area contributed by atoms with E-state index in [0.717, 1.165) is 38.0 Å². The van der Waals surface area contributed by atoms with E-state index in [9.17, 15) is 4.79 Å². The topological polar surface area (TPSA) is 41.6 Å². The summed E-state index contributed by atoms with van der Waals surface area (Å²) in [7, 11) is 0. The maximum atomic E-state index is 12.1. The molecule has 0 spiro atoms. The summed E-state index contributed by atoms with van der Waals surface area (Å²) in [6.45, 7) is 9.85. The molecule has 4 nitrogen and oxygen atoms in total. The summed E-state index contributed by atoms with van der Waals surface area (Å²) in [6.07, 6.45) is 2.98. The number of nitrogens with zero attached hydrogens (tertiary/aromatic N) is 1. The zero-order valence-electron chi connectivity index (χ0n) is 18.0. The van der Waals surface area contributed by atoms with Crippen molar-refractivity contribution in [1.82, 2.24) is 10.2 Å². The minimum absolute atomic E-state index is 0.123. The number of nitrogens with one attached hydrogen (secondary N) is 1. The van der Waals surface area contributed by atoms with Crippen LogP contribution in [0.25, 0.3) is 0 Å². The Bertz CT molecular complexity index is 760. The van der Waals surface area contributed by atoms with Gasteiger partial charge < -0.3 is 10.1 Å². The molecule has 29 heavy (non-hydrogen) atoms. The fraction of sp³-hybridized carbons (Fsp3) is 0.480. The van der Waals surface area contributed by atoms with Gasteiger partial charge in [0.15, 0.2) is 0 Å². The second-order valence-corrected chi connectivity index (χ2v) is 8.38. The number of carbonyl (C=O) groups excluding carboxylic acids is 1. The lowest BCUT2D eigenvalue weighted by Gasteiger charge is -2.35. The smallest absolute Gasteiger partial charge is 0.220 e. The van der Waals surface area contributed by atoms with Gasteiger partial charge in [-0.15, -0.1) is 0 Å². The fourth-order valence-corrected chi connectivity index (χ4v) is 3.93. The lowest BCUT2D eigenvalue weighted by Crippen LogP contribution is -2.44. The van der Waals surface area contributed by atoms with Crippen molar-refractivity contribution in [3.63, 3.8) is 0 Å². The van der Waals surface area contributed by atoms with Gasteiger partial charge in [0.2, 0.25) is 5.91 Å². The predicted octanol–water partition coefficient (Wildman–Crippen LogP) is 4.24. The van der Waals surface area contributed by atoms with Crippen molar-refractivity contribution in [3.05, 3.63) is 70.8 Å². The van der Waals surface area contributed by atoms with Crippen molar-refractivity contribution in [1.29, 1.82) is 0 Å². The van der Waals surface area contributed by atoms with Gasteiger partial charge in [0.1, 0.15) is 0 Å². The number of hydrogen-bond acceptors (Lipinski definition) is 3. The third-order valence-corrected chi connectivity index (χ3v) is 5.40. The summed E-state index contributed by atoms with van der Waals surface area (Å²) in [5.74, 6) is 0.123. The molecule has 0 saturated carbocycles. The van der Waals surface area contributed by atoms with E-state index < -0.39 is 0 Å². The number of benzene rings is 2. The largest absolute Gasteiger partial charge is 0.373 e. The molecule has 1 amide bonds. The second kappa shape index (κ2) is 10.6. The van der Waals surface area contributed by atoms with Crippen LogP contribution in [0.2, 0.25) is 0 Å². The van der Waals surface area contributed by atoms with Crippen LogP contribution in [-0.4, -0.2) is 36.1 Å². The minimum Gasteiger partial charge on any atom is -0.373 e. The van der Waals surface area contributed by atoms with Crippen molar-refractivity contribution in [2.75, 3.05) is 13.1 Å². The van der Waals surface area contributed by atoms with E-state index >= 15 is 0 Å². The van der Waals surface area contributed by atoms with Gasteiger partial charge in [0.25, 0.3) is 0 Å². The number of morpholine rings is 1. The Balaban J connectivity index is 1.37. The fourth-order valence-electron chi connectivity index (χ4n) is 3.93. The van der Waals surface area contributed by atoms with Crippen LogP contribution in [0.1, 0.15) is 48.9 Å². The highest BCUT2D eigenvalue weighted by Gasteiger charge is 2.21. The number of carbonyl (C=O) groups is 1. The van der Waals surface area contributed by atoms with Gasteiger partial charge >= 0.3 is 0 Å². The molecular weight excluding hydrogens is 360 g/mol. The number of aryl methyl sites for hydroxylation is 2. The Morgan fingerprint density at radius 3 is 2.21 bits per heavy atom. The average Bonchev–Trinajstić information content (AvgIpc) is 2.68. The predicted molar refractivity (Wildman–Crippen MR) is 118 cm³/mol. The first-order chi connectivity index (χ1) is 14.0. The molecule has 2 unspecified atom stereocenters. The molecule has 0 bridgehead atoms. The first-order valence-electron chi connectivity index (χ1n) is 10.8. The van der Waals surface area contributed by atoms with E-state index in [1.807, 2.05) is 0 Å². The maximum Gasteiger partial charge on any atom is 0.220 e. The van der Waals surface area contributed by atoms with E-state index in [1.165, 1.54) is 16.7 Å². The highest BCUT2D eigenvalue weighted by molar-refractivity contribution is 5.75. The molecule has 1 N–H and O–H groups in total. The van der Waals surface area contributed by atoms with Gasteiger partial charge in [-0.2, -0.15) is 0 Å². The van der Waals surface area contributed by atoms with Crippen LogP contribution in [-0.2, 0) is 29.0 Å². The average molecular weight is 395 g/mol. The molecule has 2 aromatic carbocycles. The van der Waals surface area contributed by atoms with Gasteiger partial charge in [0, 0.05) is 32.6 Å².